The van der Waals surface area contributed by atoms with Gasteiger partial charge in [0.1, 0.15) is 23.7 Å². The Bertz CT molecular complexity index is 1470. The number of nitrogens with one attached hydrogen (secondary N) is 2. The predicted molar refractivity (Wildman–Crippen MR) is 165 cm³/mol. The zero-order chi connectivity index (χ0) is 32.9. The first-order valence-corrected chi connectivity index (χ1v) is 17.3. The molecule has 0 bridgehead atoms. The number of carbonyl (C=O) groups excluding carboxylic acids is 4. The van der Waals surface area contributed by atoms with Crippen molar-refractivity contribution in [3.8, 4) is 0 Å². The van der Waals surface area contributed by atoms with E-state index < -0.39 is 63.1 Å². The van der Waals surface area contributed by atoms with Crippen molar-refractivity contribution in [3.63, 3.8) is 0 Å². The fourth-order valence-corrected chi connectivity index (χ4v) is 7.90. The number of rotatable bonds is 10. The number of hydrogen-bond acceptors (Lipinski definition) is 9. The zero-order valence-electron chi connectivity index (χ0n) is 25.8. The number of hydrogen-bond donors (Lipinski definition) is 2. The number of esters is 1. The van der Waals surface area contributed by atoms with E-state index in [2.05, 4.69) is 33.1 Å². The number of benzene rings is 1. The lowest BCUT2D eigenvalue weighted by atomic mass is 9.85. The van der Waals surface area contributed by atoms with Crippen LogP contribution in [0.25, 0.3) is 0 Å². The van der Waals surface area contributed by atoms with Crippen LogP contribution in [-0.2, 0) is 38.2 Å². The summed E-state index contributed by atoms with van der Waals surface area (Å²) in [5, 5.41) is 5.45. The van der Waals surface area contributed by atoms with Gasteiger partial charge in [-0.3, -0.25) is 13.8 Å². The number of ether oxygens (including phenoxy) is 2. The van der Waals surface area contributed by atoms with Crippen LogP contribution in [0.4, 0.5) is 4.79 Å². The molecule has 246 valence electrons. The fraction of sp³-hybridized carbons (Fsp3) is 0.613. The van der Waals surface area contributed by atoms with Crippen molar-refractivity contribution < 1.29 is 41.3 Å². The van der Waals surface area contributed by atoms with E-state index >= 15 is 0 Å². The monoisotopic (exact) mass is 709 g/mol. The molecule has 4 aliphatic rings. The van der Waals surface area contributed by atoms with E-state index in [9.17, 15) is 27.6 Å². The summed E-state index contributed by atoms with van der Waals surface area (Å²) in [4.78, 5) is 54.8. The Balaban J connectivity index is 1.37. The lowest BCUT2D eigenvalue weighted by molar-refractivity contribution is -0.148. The molecular weight excluding hydrogens is 670 g/mol. The maximum absolute atomic E-state index is 14.2. The highest BCUT2D eigenvalue weighted by Crippen LogP contribution is 2.52. The smallest absolute Gasteiger partial charge is 0.408 e. The summed E-state index contributed by atoms with van der Waals surface area (Å²) >= 11 is 3.27. The molecule has 7 atom stereocenters. The highest BCUT2D eigenvalue weighted by Gasteiger charge is 2.62. The highest BCUT2D eigenvalue weighted by atomic mass is 79.9. The van der Waals surface area contributed by atoms with Gasteiger partial charge >= 0.3 is 12.1 Å². The Labute approximate surface area is 271 Å². The normalized spacial score (nSPS) is 30.9. The zero-order valence-corrected chi connectivity index (χ0v) is 28.2. The molecule has 3 aliphatic carbocycles. The molecule has 2 N–H and O–H groups in total. The molecule has 4 fully saturated rings. The van der Waals surface area contributed by atoms with Gasteiger partial charge in [0, 0.05) is 23.4 Å². The van der Waals surface area contributed by atoms with E-state index in [1.165, 1.54) is 24.1 Å². The number of fused-ring (bicyclic) bond motifs is 1. The first-order chi connectivity index (χ1) is 21.1. The summed E-state index contributed by atoms with van der Waals surface area (Å²) in [7, 11) is -3.05. The molecule has 12 nitrogen and oxygen atoms in total. The Hall–Kier alpha value is -2.97. The Kier molecular flexibility index (Phi) is 9.15. The Morgan fingerprint density at radius 2 is 1.71 bits per heavy atom. The van der Waals surface area contributed by atoms with Crippen molar-refractivity contribution in [2.45, 2.75) is 87.6 Å². The molecule has 0 radical (unpaired) electrons. The van der Waals surface area contributed by atoms with Crippen molar-refractivity contribution in [2.75, 3.05) is 13.7 Å². The molecule has 5 rings (SSSR count). The van der Waals surface area contributed by atoms with Gasteiger partial charge in [-0.2, -0.15) is 8.42 Å². The number of halogens is 1. The molecule has 45 heavy (non-hydrogen) atoms. The number of methoxy groups -OCH3 is 1. The molecule has 1 aromatic carbocycles. The maximum atomic E-state index is 14.2. The third kappa shape index (κ3) is 7.07. The summed E-state index contributed by atoms with van der Waals surface area (Å²) in [5.41, 5.74) is -2.15. The van der Waals surface area contributed by atoms with Crippen LogP contribution in [0.3, 0.4) is 0 Å². The molecule has 1 saturated heterocycles. The minimum Gasteiger partial charge on any atom is -0.467 e. The van der Waals surface area contributed by atoms with Gasteiger partial charge in [0.25, 0.3) is 10.1 Å². The van der Waals surface area contributed by atoms with Crippen LogP contribution in [0.15, 0.2) is 46.3 Å². The first kappa shape index (κ1) is 33.4. The van der Waals surface area contributed by atoms with Crippen LogP contribution >= 0.6 is 15.9 Å². The van der Waals surface area contributed by atoms with Gasteiger partial charge in [0.05, 0.1) is 18.1 Å². The van der Waals surface area contributed by atoms with Crippen molar-refractivity contribution in [2.24, 2.45) is 23.2 Å². The molecule has 3 saturated carbocycles. The predicted octanol–water partition coefficient (Wildman–Crippen LogP) is 3.30. The van der Waals surface area contributed by atoms with Crippen molar-refractivity contribution in [1.29, 1.82) is 0 Å². The molecular formula is C31H40BrN3O9S. The van der Waals surface area contributed by atoms with Crippen molar-refractivity contribution in [1.82, 2.24) is 15.5 Å². The SMILES string of the molecule is C=CC1CC1(NC(=O)C1CC(OS(=O)(=O)c2ccc(Br)cc2)CN1C(=O)C(NC(=O)OC1CC2CC2C1)C(C)(C)C)C(=O)OC. The highest BCUT2D eigenvalue weighted by molar-refractivity contribution is 9.10. The second-order valence-corrected chi connectivity index (χ2v) is 16.1. The summed E-state index contributed by atoms with van der Waals surface area (Å²) in [6, 6.07) is 3.55. The standard InChI is InChI=1S/C31H40BrN3O9S/c1-6-19-15-31(19,28(38)42-5)34-26(36)24-14-22(44-45(40,41)23-9-7-20(32)8-10-23)16-35(24)27(37)25(30(2,3)4)33-29(39)43-21-12-17-11-18(17)13-21/h6-10,17-19,21-22,24-25H,1,11-16H2,2-5H3,(H,33,39)(H,34,36). The first-order valence-electron chi connectivity index (χ1n) is 15.1. The molecule has 3 amide bonds. The summed E-state index contributed by atoms with van der Waals surface area (Å²) in [6.45, 7) is 8.77. The van der Waals surface area contributed by atoms with E-state index in [0.717, 1.165) is 19.3 Å². The molecule has 14 heteroatoms. The average Bonchev–Trinajstić information content (AvgIpc) is 3.78. The van der Waals surface area contributed by atoms with Gasteiger partial charge in [0.2, 0.25) is 11.8 Å². The molecule has 0 aromatic heterocycles. The van der Waals surface area contributed by atoms with E-state index in [0.29, 0.717) is 16.3 Å². The van der Waals surface area contributed by atoms with Crippen molar-refractivity contribution >= 4 is 49.9 Å². The number of nitrogens with zero attached hydrogens (tertiary/aromatic N) is 1. The van der Waals surface area contributed by atoms with E-state index in [1.54, 1.807) is 39.0 Å². The molecule has 1 heterocycles. The molecule has 1 aliphatic heterocycles. The molecule has 0 spiro atoms. The van der Waals surface area contributed by atoms with Gasteiger partial charge in [-0.1, -0.05) is 42.8 Å². The molecule has 1 aromatic rings. The van der Waals surface area contributed by atoms with E-state index in [4.69, 9.17) is 13.7 Å². The van der Waals surface area contributed by atoms with Crippen LogP contribution in [-0.4, -0.2) is 80.7 Å². The van der Waals surface area contributed by atoms with Crippen molar-refractivity contribution in [3.05, 3.63) is 41.4 Å². The molecule has 7 unspecified atom stereocenters. The van der Waals surface area contributed by atoms with Gasteiger partial charge in [-0.25, -0.2) is 9.59 Å². The third-order valence-corrected chi connectivity index (χ3v) is 11.2. The summed E-state index contributed by atoms with van der Waals surface area (Å²) in [6.07, 6.45) is 2.40. The van der Waals surface area contributed by atoms with Gasteiger partial charge in [-0.15, -0.1) is 6.58 Å². The fourth-order valence-electron chi connectivity index (χ4n) is 6.56. The summed E-state index contributed by atoms with van der Waals surface area (Å²) < 4.78 is 43.1. The number of carbonyl (C=O) groups is 4. The average molecular weight is 711 g/mol. The Morgan fingerprint density at radius 3 is 2.27 bits per heavy atom. The quantitative estimate of drug-likeness (QED) is 0.211. The maximum Gasteiger partial charge on any atom is 0.408 e. The Morgan fingerprint density at radius 1 is 1.07 bits per heavy atom. The largest absolute Gasteiger partial charge is 0.467 e. The second-order valence-electron chi connectivity index (χ2n) is 13.6. The van der Waals surface area contributed by atoms with E-state index in [-0.39, 0.29) is 36.3 Å². The third-order valence-electron chi connectivity index (χ3n) is 9.26. The van der Waals surface area contributed by atoms with Gasteiger partial charge < -0.3 is 25.0 Å². The lowest BCUT2D eigenvalue weighted by Gasteiger charge is -2.35. The topological polar surface area (TPSA) is 157 Å². The van der Waals surface area contributed by atoms with E-state index in [1.807, 2.05) is 0 Å². The lowest BCUT2D eigenvalue weighted by Crippen LogP contribution is -2.59. The van der Waals surface area contributed by atoms with Gasteiger partial charge in [-0.05, 0) is 67.2 Å². The summed E-state index contributed by atoms with van der Waals surface area (Å²) in [5.74, 6) is -1.11. The number of likely N-dealkylation sites (tertiary alicyclic amines) is 1. The van der Waals surface area contributed by atoms with Gasteiger partial charge in [0.15, 0.2) is 0 Å². The van der Waals surface area contributed by atoms with Crippen LogP contribution in [0, 0.1) is 23.2 Å². The minimum atomic E-state index is -4.26. The second kappa shape index (κ2) is 12.3. The number of alkyl carbamates (subject to hydrolysis) is 1. The van der Waals surface area contributed by atoms with Crippen LogP contribution in [0.5, 0.6) is 0 Å². The minimum absolute atomic E-state index is 0.0885. The van der Waals surface area contributed by atoms with Crippen LogP contribution in [0.1, 0.15) is 52.9 Å². The van der Waals surface area contributed by atoms with Crippen LogP contribution < -0.4 is 10.6 Å². The van der Waals surface area contributed by atoms with Crippen LogP contribution in [0.2, 0.25) is 0 Å². The number of amides is 3.